The maximum absolute atomic E-state index is 11.4. The highest BCUT2D eigenvalue weighted by atomic mass is 16.7. The predicted octanol–water partition coefficient (Wildman–Crippen LogP) is 4.24. The SMILES string of the molecule is O[C@H]1[C@H](O[C@@H]2O[C@H](COCc3ccccc3)[C@@H](OCc3ccccc3)[C@H](OCc3ccccc3)[C@H]2OCc2ccccc2)[C@H]2[C@@H](O)CCN2C[C@@H]1O. The highest BCUT2D eigenvalue weighted by molar-refractivity contribution is 5.17. The summed E-state index contributed by atoms with van der Waals surface area (Å²) >= 11 is 0. The van der Waals surface area contributed by atoms with Gasteiger partial charge in [-0.1, -0.05) is 121 Å². The second kappa shape index (κ2) is 18.0. The number of nitrogens with zero attached hydrogens (tertiary/aromatic N) is 1. The van der Waals surface area contributed by atoms with Crippen LogP contribution in [0.5, 0.6) is 0 Å². The number of ether oxygens (including phenoxy) is 6. The molecule has 3 N–H and O–H groups in total. The number of fused-ring (bicyclic) bond motifs is 1. The minimum Gasteiger partial charge on any atom is -0.391 e. The lowest BCUT2D eigenvalue weighted by molar-refractivity contribution is -0.349. The molecule has 276 valence electrons. The molecule has 52 heavy (non-hydrogen) atoms. The van der Waals surface area contributed by atoms with Gasteiger partial charge in [-0.25, -0.2) is 0 Å². The molecule has 0 bridgehead atoms. The first-order valence-corrected chi connectivity index (χ1v) is 18.2. The molecular weight excluding hydrogens is 662 g/mol. The van der Waals surface area contributed by atoms with Crippen LogP contribution in [0.3, 0.4) is 0 Å². The number of piperidine rings is 1. The molecule has 3 aliphatic heterocycles. The van der Waals surface area contributed by atoms with Crippen LogP contribution in [-0.4, -0.2) is 101 Å². The number of aliphatic hydroxyl groups excluding tert-OH is 3. The zero-order valence-electron chi connectivity index (χ0n) is 29.2. The van der Waals surface area contributed by atoms with E-state index in [0.29, 0.717) is 26.2 Å². The average Bonchev–Trinajstić information content (AvgIpc) is 3.55. The molecule has 3 aliphatic rings. The highest BCUT2D eigenvalue weighted by Gasteiger charge is 2.54. The summed E-state index contributed by atoms with van der Waals surface area (Å²) in [7, 11) is 0. The Labute approximate surface area is 305 Å². The third-order valence-corrected chi connectivity index (χ3v) is 10.1. The molecule has 10 atom stereocenters. The van der Waals surface area contributed by atoms with Crippen molar-refractivity contribution >= 4 is 0 Å². The lowest BCUT2D eigenvalue weighted by Gasteiger charge is -2.49. The lowest BCUT2D eigenvalue weighted by Crippen LogP contribution is -2.67. The van der Waals surface area contributed by atoms with E-state index in [1.165, 1.54) is 0 Å². The van der Waals surface area contributed by atoms with E-state index < -0.39 is 61.2 Å². The molecule has 0 radical (unpaired) electrons. The quantitative estimate of drug-likeness (QED) is 0.165. The van der Waals surface area contributed by atoms with Gasteiger partial charge in [-0.2, -0.15) is 0 Å². The van der Waals surface area contributed by atoms with E-state index in [4.69, 9.17) is 28.4 Å². The molecule has 10 heteroatoms. The minimum atomic E-state index is -1.25. The van der Waals surface area contributed by atoms with Gasteiger partial charge in [0, 0.05) is 13.1 Å². The first-order chi connectivity index (χ1) is 25.5. The highest BCUT2D eigenvalue weighted by Crippen LogP contribution is 2.36. The summed E-state index contributed by atoms with van der Waals surface area (Å²) in [6, 6.07) is 39.0. The molecule has 0 aromatic heterocycles. The van der Waals surface area contributed by atoms with Crippen molar-refractivity contribution in [3.8, 4) is 0 Å². The minimum absolute atomic E-state index is 0.152. The molecular formula is C42H49NO9. The van der Waals surface area contributed by atoms with E-state index in [0.717, 1.165) is 22.3 Å². The van der Waals surface area contributed by atoms with Gasteiger partial charge in [0.25, 0.3) is 0 Å². The summed E-state index contributed by atoms with van der Waals surface area (Å²) in [5.41, 5.74) is 3.93. The van der Waals surface area contributed by atoms with Crippen molar-refractivity contribution in [2.45, 2.75) is 94.0 Å². The van der Waals surface area contributed by atoms with E-state index in [1.54, 1.807) is 0 Å². The Bertz CT molecular complexity index is 1620. The fourth-order valence-corrected chi connectivity index (χ4v) is 7.44. The molecule has 3 saturated heterocycles. The van der Waals surface area contributed by atoms with Gasteiger partial charge in [-0.3, -0.25) is 4.90 Å². The van der Waals surface area contributed by atoms with Gasteiger partial charge < -0.3 is 43.7 Å². The van der Waals surface area contributed by atoms with Crippen LogP contribution in [0.1, 0.15) is 28.7 Å². The normalized spacial score (nSPS) is 30.6. The Morgan fingerprint density at radius 3 is 1.58 bits per heavy atom. The molecule has 0 amide bonds. The summed E-state index contributed by atoms with van der Waals surface area (Å²) in [5, 5.41) is 33.3. The zero-order chi connectivity index (χ0) is 35.7. The molecule has 3 fully saturated rings. The predicted molar refractivity (Wildman–Crippen MR) is 193 cm³/mol. The smallest absolute Gasteiger partial charge is 0.187 e. The average molecular weight is 712 g/mol. The number of hydrogen-bond acceptors (Lipinski definition) is 10. The second-order valence-corrected chi connectivity index (χ2v) is 13.8. The Kier molecular flexibility index (Phi) is 12.7. The fourth-order valence-electron chi connectivity index (χ4n) is 7.44. The van der Waals surface area contributed by atoms with Crippen molar-refractivity contribution in [3.63, 3.8) is 0 Å². The summed E-state index contributed by atoms with van der Waals surface area (Å²) in [6.07, 6.45) is -7.47. The van der Waals surface area contributed by atoms with Crippen LogP contribution in [0.15, 0.2) is 121 Å². The van der Waals surface area contributed by atoms with Crippen LogP contribution in [0.2, 0.25) is 0 Å². The summed E-state index contributed by atoms with van der Waals surface area (Å²) in [5.74, 6) is 0. The lowest BCUT2D eigenvalue weighted by atomic mass is 9.92. The number of aliphatic hydroxyl groups is 3. The van der Waals surface area contributed by atoms with Gasteiger partial charge in [-0.05, 0) is 28.7 Å². The molecule has 10 nitrogen and oxygen atoms in total. The first-order valence-electron chi connectivity index (χ1n) is 18.2. The topological polar surface area (TPSA) is 119 Å². The van der Waals surface area contributed by atoms with Gasteiger partial charge in [0.2, 0.25) is 0 Å². The monoisotopic (exact) mass is 711 g/mol. The molecule has 3 heterocycles. The number of rotatable bonds is 15. The summed E-state index contributed by atoms with van der Waals surface area (Å²) in [6.45, 7) is 2.14. The van der Waals surface area contributed by atoms with Crippen molar-refractivity contribution in [1.82, 2.24) is 4.90 Å². The third kappa shape index (κ3) is 9.15. The van der Waals surface area contributed by atoms with Gasteiger partial charge in [0.15, 0.2) is 6.29 Å². The molecule has 0 aliphatic carbocycles. The van der Waals surface area contributed by atoms with Crippen molar-refractivity contribution in [2.75, 3.05) is 19.7 Å². The van der Waals surface area contributed by atoms with Crippen LogP contribution in [0.4, 0.5) is 0 Å². The second-order valence-electron chi connectivity index (χ2n) is 13.8. The maximum atomic E-state index is 11.4. The Morgan fingerprint density at radius 1 is 0.558 bits per heavy atom. The number of benzene rings is 4. The van der Waals surface area contributed by atoms with Gasteiger partial charge in [0.1, 0.15) is 36.6 Å². The standard InChI is InChI=1S/C42H49NO9/c44-33-21-22-43-23-34(45)37(46)39(36(33)43)52-42-41(50-27-32-19-11-4-12-20-32)40(49-26-31-17-9-3-10-18-31)38(48-25-30-15-7-2-8-16-30)35(51-42)28-47-24-29-13-5-1-6-14-29/h1-20,33-42,44-46H,21-28H2/t33-,34-,35+,36+,37+,38+,39+,40-,41+,42-/m0/s1. The molecule has 4 aromatic rings. The van der Waals surface area contributed by atoms with Crippen LogP contribution in [0, 0.1) is 0 Å². The Morgan fingerprint density at radius 2 is 1.04 bits per heavy atom. The summed E-state index contributed by atoms with van der Waals surface area (Å²) < 4.78 is 40.1. The summed E-state index contributed by atoms with van der Waals surface area (Å²) in [4.78, 5) is 1.98. The molecule has 0 unspecified atom stereocenters. The van der Waals surface area contributed by atoms with E-state index in [9.17, 15) is 15.3 Å². The van der Waals surface area contributed by atoms with Gasteiger partial charge in [-0.15, -0.1) is 0 Å². The largest absolute Gasteiger partial charge is 0.391 e. The van der Waals surface area contributed by atoms with Crippen molar-refractivity contribution in [3.05, 3.63) is 144 Å². The van der Waals surface area contributed by atoms with E-state index >= 15 is 0 Å². The fraction of sp³-hybridized carbons (Fsp3) is 0.429. The molecule has 7 rings (SSSR count). The number of hydrogen-bond donors (Lipinski definition) is 3. The van der Waals surface area contributed by atoms with Crippen LogP contribution >= 0.6 is 0 Å². The maximum Gasteiger partial charge on any atom is 0.187 e. The van der Waals surface area contributed by atoms with Gasteiger partial charge >= 0.3 is 0 Å². The molecule has 4 aromatic carbocycles. The Balaban J connectivity index is 1.22. The van der Waals surface area contributed by atoms with Crippen LogP contribution in [0.25, 0.3) is 0 Å². The van der Waals surface area contributed by atoms with E-state index in [2.05, 4.69) is 0 Å². The molecule has 0 saturated carbocycles. The van der Waals surface area contributed by atoms with E-state index in [1.807, 2.05) is 126 Å². The zero-order valence-corrected chi connectivity index (χ0v) is 29.2. The van der Waals surface area contributed by atoms with E-state index in [-0.39, 0.29) is 26.4 Å². The van der Waals surface area contributed by atoms with Crippen LogP contribution < -0.4 is 0 Å². The van der Waals surface area contributed by atoms with Crippen molar-refractivity contribution in [2.24, 2.45) is 0 Å². The van der Waals surface area contributed by atoms with Crippen LogP contribution in [-0.2, 0) is 54.8 Å². The van der Waals surface area contributed by atoms with Crippen molar-refractivity contribution < 1.29 is 43.7 Å². The molecule has 0 spiro atoms. The van der Waals surface area contributed by atoms with Crippen molar-refractivity contribution in [1.29, 1.82) is 0 Å². The first kappa shape index (κ1) is 36.8. The third-order valence-electron chi connectivity index (χ3n) is 10.1. The van der Waals surface area contributed by atoms with Gasteiger partial charge in [0.05, 0.1) is 51.3 Å². The Hall–Kier alpha value is -3.52.